The molecule has 0 saturated heterocycles. The maximum atomic E-state index is 12.1. The van der Waals surface area contributed by atoms with Gasteiger partial charge in [-0.15, -0.1) is 0 Å². The summed E-state index contributed by atoms with van der Waals surface area (Å²) in [5.41, 5.74) is 0.437. The highest BCUT2D eigenvalue weighted by Crippen LogP contribution is 2.14. The van der Waals surface area contributed by atoms with Crippen LogP contribution in [0.1, 0.15) is 12.0 Å². The number of urea groups is 1. The minimum Gasteiger partial charge on any atom is -0.481 e. The van der Waals surface area contributed by atoms with Crippen molar-refractivity contribution in [1.29, 1.82) is 0 Å². The first kappa shape index (κ1) is 16.6. The minimum atomic E-state index is -2.62. The lowest BCUT2D eigenvalue weighted by atomic mass is 10.2. The number of carboxylic acids is 1. The van der Waals surface area contributed by atoms with Gasteiger partial charge in [0.15, 0.2) is 6.61 Å². The molecule has 0 aliphatic rings. The summed E-state index contributed by atoms with van der Waals surface area (Å²) in [5, 5.41) is 13.2. The normalized spacial score (nSPS) is 10.2. The van der Waals surface area contributed by atoms with E-state index in [4.69, 9.17) is 9.84 Å². The molecule has 2 amide bonds. The monoisotopic (exact) mass is 303 g/mol. The van der Waals surface area contributed by atoms with E-state index in [1.165, 1.54) is 6.20 Å². The Morgan fingerprint density at radius 1 is 1.38 bits per heavy atom. The Labute approximate surface area is 119 Å². The minimum absolute atomic E-state index is 0.0110. The predicted octanol–water partition coefficient (Wildman–Crippen LogP) is 0.999. The van der Waals surface area contributed by atoms with Gasteiger partial charge in [0.2, 0.25) is 5.88 Å². The molecule has 1 heterocycles. The molecule has 0 saturated carbocycles. The third kappa shape index (κ3) is 7.04. The average Bonchev–Trinajstić information content (AvgIpc) is 2.43. The number of carbonyl (C=O) groups is 2. The zero-order chi connectivity index (χ0) is 15.7. The van der Waals surface area contributed by atoms with Crippen LogP contribution in [0.5, 0.6) is 5.88 Å². The lowest BCUT2D eigenvalue weighted by Gasteiger charge is -2.11. The Morgan fingerprint density at radius 3 is 2.81 bits per heavy atom. The number of aliphatic carboxylic acids is 1. The second-order valence-corrected chi connectivity index (χ2v) is 3.92. The predicted molar refractivity (Wildman–Crippen MR) is 68.2 cm³/mol. The van der Waals surface area contributed by atoms with E-state index in [0.717, 1.165) is 0 Å². The number of nitrogens with zero attached hydrogens (tertiary/aromatic N) is 1. The molecule has 0 spiro atoms. The number of amides is 2. The quantitative estimate of drug-likeness (QED) is 0.665. The number of hydrogen-bond acceptors (Lipinski definition) is 4. The summed E-state index contributed by atoms with van der Waals surface area (Å²) in [6.45, 7) is -0.775. The van der Waals surface area contributed by atoms with E-state index < -0.39 is 25.0 Å². The van der Waals surface area contributed by atoms with Crippen LogP contribution in [0, 0.1) is 0 Å². The summed E-state index contributed by atoms with van der Waals surface area (Å²) in [5.74, 6) is -1.01. The van der Waals surface area contributed by atoms with E-state index in [-0.39, 0.29) is 25.4 Å². The first-order valence-corrected chi connectivity index (χ1v) is 6.07. The van der Waals surface area contributed by atoms with Crippen molar-refractivity contribution < 1.29 is 28.2 Å². The number of alkyl halides is 2. The molecular weight excluding hydrogens is 288 g/mol. The van der Waals surface area contributed by atoms with Gasteiger partial charge in [-0.3, -0.25) is 4.79 Å². The lowest BCUT2D eigenvalue weighted by molar-refractivity contribution is -0.136. The van der Waals surface area contributed by atoms with Crippen LogP contribution >= 0.6 is 0 Å². The van der Waals surface area contributed by atoms with Gasteiger partial charge in [0.25, 0.3) is 6.43 Å². The highest BCUT2D eigenvalue weighted by Gasteiger charge is 2.10. The summed E-state index contributed by atoms with van der Waals surface area (Å²) in [6, 6.07) is 2.58. The van der Waals surface area contributed by atoms with E-state index in [1.54, 1.807) is 12.1 Å². The zero-order valence-electron chi connectivity index (χ0n) is 11.0. The second-order valence-electron chi connectivity index (χ2n) is 3.92. The number of aromatic nitrogens is 1. The number of pyridine rings is 1. The van der Waals surface area contributed by atoms with E-state index in [2.05, 4.69) is 15.6 Å². The molecule has 0 unspecified atom stereocenters. The summed E-state index contributed by atoms with van der Waals surface area (Å²) in [6.07, 6.45) is -1.42. The van der Waals surface area contributed by atoms with Crippen molar-refractivity contribution >= 4 is 12.0 Å². The summed E-state index contributed by atoms with van der Waals surface area (Å²) in [4.78, 5) is 25.5. The number of halogens is 2. The van der Waals surface area contributed by atoms with Crippen LogP contribution < -0.4 is 15.4 Å². The Hall–Kier alpha value is -2.45. The van der Waals surface area contributed by atoms with Crippen molar-refractivity contribution in [2.75, 3.05) is 13.2 Å². The molecule has 9 heteroatoms. The van der Waals surface area contributed by atoms with Gasteiger partial charge in [-0.2, -0.15) is 0 Å². The van der Waals surface area contributed by atoms with Gasteiger partial charge >= 0.3 is 12.0 Å². The highest BCUT2D eigenvalue weighted by molar-refractivity contribution is 5.75. The third-order valence-corrected chi connectivity index (χ3v) is 2.26. The van der Waals surface area contributed by atoms with Gasteiger partial charge in [0.05, 0.1) is 6.42 Å². The number of hydrogen-bond donors (Lipinski definition) is 3. The van der Waals surface area contributed by atoms with E-state index in [1.807, 2.05) is 0 Å². The van der Waals surface area contributed by atoms with Crippen molar-refractivity contribution in [2.45, 2.75) is 19.4 Å². The number of ether oxygens (including phenoxy) is 1. The summed E-state index contributed by atoms with van der Waals surface area (Å²) >= 11 is 0. The SMILES string of the molecule is O=C(O)CCNC(=O)NCc1cccnc1OCC(F)F. The van der Waals surface area contributed by atoms with Gasteiger partial charge in [-0.05, 0) is 6.07 Å². The summed E-state index contributed by atoms with van der Waals surface area (Å²) < 4.78 is 29.0. The van der Waals surface area contributed by atoms with Crippen LogP contribution in [0.3, 0.4) is 0 Å². The van der Waals surface area contributed by atoms with Crippen molar-refractivity contribution in [2.24, 2.45) is 0 Å². The third-order valence-electron chi connectivity index (χ3n) is 2.26. The molecule has 0 fully saturated rings. The molecule has 21 heavy (non-hydrogen) atoms. The molecule has 0 aliphatic carbocycles. The first-order chi connectivity index (χ1) is 9.99. The van der Waals surface area contributed by atoms with Crippen molar-refractivity contribution in [3.05, 3.63) is 23.9 Å². The van der Waals surface area contributed by atoms with Crippen LogP contribution in [-0.4, -0.2) is 41.7 Å². The zero-order valence-corrected chi connectivity index (χ0v) is 11.0. The molecule has 3 N–H and O–H groups in total. The van der Waals surface area contributed by atoms with Crippen LogP contribution in [0.4, 0.5) is 13.6 Å². The largest absolute Gasteiger partial charge is 0.481 e. The van der Waals surface area contributed by atoms with Gasteiger partial charge in [0, 0.05) is 24.8 Å². The van der Waals surface area contributed by atoms with Crippen LogP contribution in [0.15, 0.2) is 18.3 Å². The summed E-state index contributed by atoms with van der Waals surface area (Å²) in [7, 11) is 0. The van der Waals surface area contributed by atoms with Crippen LogP contribution in [-0.2, 0) is 11.3 Å². The second kappa shape index (κ2) is 8.67. The van der Waals surface area contributed by atoms with Gasteiger partial charge in [-0.1, -0.05) is 6.07 Å². The molecule has 7 nitrogen and oxygen atoms in total. The molecule has 0 aromatic carbocycles. The Kier molecular flexibility index (Phi) is 6.85. The lowest BCUT2D eigenvalue weighted by Crippen LogP contribution is -2.36. The Balaban J connectivity index is 2.43. The number of nitrogens with one attached hydrogen (secondary N) is 2. The van der Waals surface area contributed by atoms with Gasteiger partial charge < -0.3 is 20.5 Å². The van der Waals surface area contributed by atoms with Gasteiger partial charge in [-0.25, -0.2) is 18.6 Å². The smallest absolute Gasteiger partial charge is 0.315 e. The molecule has 1 aromatic rings. The van der Waals surface area contributed by atoms with Crippen molar-refractivity contribution in [3.63, 3.8) is 0 Å². The molecule has 0 bridgehead atoms. The number of carbonyl (C=O) groups excluding carboxylic acids is 1. The fourth-order valence-electron chi connectivity index (χ4n) is 1.35. The maximum Gasteiger partial charge on any atom is 0.315 e. The standard InChI is InChI=1S/C12H15F2N3O4/c13-9(14)7-21-11-8(2-1-4-15-11)6-17-12(20)16-5-3-10(18)19/h1-2,4,9H,3,5-7H2,(H,18,19)(H2,16,17,20). The number of rotatable bonds is 8. The molecule has 1 aromatic heterocycles. The molecule has 0 aliphatic heterocycles. The molecule has 1 rings (SSSR count). The molecule has 0 atom stereocenters. The van der Waals surface area contributed by atoms with Crippen LogP contribution in [0.2, 0.25) is 0 Å². The Bertz CT molecular complexity index is 485. The average molecular weight is 303 g/mol. The highest BCUT2D eigenvalue weighted by atomic mass is 19.3. The fourth-order valence-corrected chi connectivity index (χ4v) is 1.35. The van der Waals surface area contributed by atoms with E-state index in [0.29, 0.717) is 5.56 Å². The van der Waals surface area contributed by atoms with Gasteiger partial charge in [0.1, 0.15) is 0 Å². The van der Waals surface area contributed by atoms with Crippen molar-refractivity contribution in [3.8, 4) is 5.88 Å². The number of carboxylic acid groups (broad SMARTS) is 1. The topological polar surface area (TPSA) is 101 Å². The first-order valence-electron chi connectivity index (χ1n) is 6.07. The Morgan fingerprint density at radius 2 is 2.14 bits per heavy atom. The van der Waals surface area contributed by atoms with Crippen molar-refractivity contribution in [1.82, 2.24) is 15.6 Å². The molecule has 116 valence electrons. The van der Waals surface area contributed by atoms with E-state index in [9.17, 15) is 18.4 Å². The maximum absolute atomic E-state index is 12.1. The van der Waals surface area contributed by atoms with Crippen LogP contribution in [0.25, 0.3) is 0 Å². The van der Waals surface area contributed by atoms with E-state index >= 15 is 0 Å². The fraction of sp³-hybridized carbons (Fsp3) is 0.417. The molecule has 0 radical (unpaired) electrons. The molecular formula is C12H15F2N3O4.